The highest BCUT2D eigenvalue weighted by Gasteiger charge is 2.32. The van der Waals surface area contributed by atoms with Gasteiger partial charge in [-0.1, -0.05) is 0 Å². The Kier molecular flexibility index (Phi) is 4.82. The van der Waals surface area contributed by atoms with E-state index in [1.807, 2.05) is 6.07 Å². The molecule has 3 fully saturated rings. The molecule has 1 aliphatic carbocycles. The maximum Gasteiger partial charge on any atom is 0.271 e. The number of amides is 1. The van der Waals surface area contributed by atoms with Gasteiger partial charge in [-0.05, 0) is 25.3 Å². The Morgan fingerprint density at radius 1 is 1.29 bits per heavy atom. The van der Waals surface area contributed by atoms with Gasteiger partial charge >= 0.3 is 0 Å². The summed E-state index contributed by atoms with van der Waals surface area (Å²) in [5, 5.41) is 10.3. The van der Waals surface area contributed by atoms with Gasteiger partial charge in [-0.3, -0.25) is 14.8 Å². The first-order chi connectivity index (χ1) is 11.8. The molecule has 0 bridgehead atoms. The molecule has 2 N–H and O–H groups in total. The Labute approximate surface area is 142 Å². The highest BCUT2D eigenvalue weighted by Crippen LogP contribution is 2.38. The Morgan fingerprint density at radius 2 is 2.12 bits per heavy atom. The van der Waals surface area contributed by atoms with Crippen LogP contribution in [-0.4, -0.2) is 73.1 Å². The van der Waals surface area contributed by atoms with E-state index in [4.69, 9.17) is 9.47 Å². The number of aromatic amines is 1. The van der Waals surface area contributed by atoms with E-state index >= 15 is 0 Å². The molecule has 2 saturated heterocycles. The molecule has 0 aromatic carbocycles. The van der Waals surface area contributed by atoms with Crippen molar-refractivity contribution in [3.63, 3.8) is 0 Å². The number of H-pyrrole nitrogens is 1. The minimum atomic E-state index is -0.0877. The van der Waals surface area contributed by atoms with Crippen molar-refractivity contribution < 1.29 is 14.3 Å². The van der Waals surface area contributed by atoms with E-state index in [9.17, 15) is 4.79 Å². The summed E-state index contributed by atoms with van der Waals surface area (Å²) in [4.78, 5) is 14.9. The fourth-order valence-electron chi connectivity index (χ4n) is 3.70. The second-order valence-corrected chi connectivity index (χ2v) is 7.03. The van der Waals surface area contributed by atoms with E-state index < -0.39 is 0 Å². The van der Waals surface area contributed by atoms with Crippen LogP contribution in [0.4, 0.5) is 0 Å². The van der Waals surface area contributed by atoms with Gasteiger partial charge in [0.25, 0.3) is 5.91 Å². The first-order valence-electron chi connectivity index (χ1n) is 9.04. The SMILES string of the molecule is O=C(NCC(C1CCOC1)N1CCOCC1)c1cc(C2CC2)[nH]n1. The summed E-state index contributed by atoms with van der Waals surface area (Å²) in [6.07, 6.45) is 3.46. The van der Waals surface area contributed by atoms with Crippen LogP contribution in [0.3, 0.4) is 0 Å². The maximum atomic E-state index is 12.4. The van der Waals surface area contributed by atoms with Crippen LogP contribution in [0.1, 0.15) is 41.4 Å². The molecule has 2 atom stereocenters. The zero-order valence-electron chi connectivity index (χ0n) is 14.0. The highest BCUT2D eigenvalue weighted by atomic mass is 16.5. The molecule has 0 spiro atoms. The Bertz CT molecular complexity index is 560. The summed E-state index contributed by atoms with van der Waals surface area (Å²) in [5.74, 6) is 0.968. The van der Waals surface area contributed by atoms with Crippen LogP contribution in [0.2, 0.25) is 0 Å². The number of nitrogens with zero attached hydrogens (tertiary/aromatic N) is 2. The van der Waals surface area contributed by atoms with E-state index in [2.05, 4.69) is 20.4 Å². The number of ether oxygens (including phenoxy) is 2. The molecular weight excluding hydrogens is 308 g/mol. The van der Waals surface area contributed by atoms with Crippen LogP contribution in [0.15, 0.2) is 6.07 Å². The molecule has 2 unspecified atom stereocenters. The van der Waals surface area contributed by atoms with Crippen molar-refractivity contribution in [3.05, 3.63) is 17.5 Å². The summed E-state index contributed by atoms with van der Waals surface area (Å²) >= 11 is 0. The number of aromatic nitrogens is 2. The number of hydrogen-bond donors (Lipinski definition) is 2. The van der Waals surface area contributed by atoms with E-state index in [0.717, 1.165) is 51.6 Å². The van der Waals surface area contributed by atoms with Gasteiger partial charge in [0.2, 0.25) is 0 Å². The zero-order valence-corrected chi connectivity index (χ0v) is 14.0. The molecule has 24 heavy (non-hydrogen) atoms. The molecule has 3 heterocycles. The van der Waals surface area contributed by atoms with Crippen LogP contribution in [-0.2, 0) is 9.47 Å². The third-order valence-electron chi connectivity index (χ3n) is 5.34. The molecule has 7 heteroatoms. The molecule has 3 aliphatic rings. The number of rotatable bonds is 6. The van der Waals surface area contributed by atoms with Crippen molar-refractivity contribution in [2.75, 3.05) is 46.1 Å². The molecule has 2 aliphatic heterocycles. The van der Waals surface area contributed by atoms with Gasteiger partial charge in [0.1, 0.15) is 5.69 Å². The van der Waals surface area contributed by atoms with Gasteiger partial charge in [0.05, 0.1) is 19.8 Å². The third-order valence-corrected chi connectivity index (χ3v) is 5.34. The maximum absolute atomic E-state index is 12.4. The van der Waals surface area contributed by atoms with Crippen molar-refractivity contribution in [2.24, 2.45) is 5.92 Å². The smallest absolute Gasteiger partial charge is 0.271 e. The van der Waals surface area contributed by atoms with Gasteiger partial charge in [0.15, 0.2) is 0 Å². The van der Waals surface area contributed by atoms with E-state index in [1.165, 1.54) is 12.8 Å². The third kappa shape index (κ3) is 3.63. The topological polar surface area (TPSA) is 79.5 Å². The largest absolute Gasteiger partial charge is 0.381 e. The molecule has 1 aromatic heterocycles. The van der Waals surface area contributed by atoms with Crippen molar-refractivity contribution >= 4 is 5.91 Å². The number of hydrogen-bond acceptors (Lipinski definition) is 5. The molecule has 132 valence electrons. The average molecular weight is 334 g/mol. The van der Waals surface area contributed by atoms with E-state index in [0.29, 0.717) is 30.1 Å². The van der Waals surface area contributed by atoms with Gasteiger partial charge in [-0.15, -0.1) is 0 Å². The molecule has 7 nitrogen and oxygen atoms in total. The first-order valence-corrected chi connectivity index (χ1v) is 9.04. The second-order valence-electron chi connectivity index (χ2n) is 7.03. The quantitative estimate of drug-likeness (QED) is 0.803. The Hall–Kier alpha value is -1.44. The monoisotopic (exact) mass is 334 g/mol. The summed E-state index contributed by atoms with van der Waals surface area (Å²) < 4.78 is 11.0. The average Bonchev–Trinajstić information content (AvgIpc) is 3.12. The van der Waals surface area contributed by atoms with E-state index in [1.54, 1.807) is 0 Å². The Balaban J connectivity index is 1.36. The molecule has 1 amide bonds. The summed E-state index contributed by atoms with van der Waals surface area (Å²) in [6.45, 7) is 5.62. The summed E-state index contributed by atoms with van der Waals surface area (Å²) in [5.41, 5.74) is 1.59. The van der Waals surface area contributed by atoms with E-state index in [-0.39, 0.29) is 5.91 Å². The normalized spacial score (nSPS) is 26.4. The molecule has 1 aromatic rings. The first kappa shape index (κ1) is 16.1. The fraction of sp³-hybridized carbons (Fsp3) is 0.765. The van der Waals surface area contributed by atoms with Crippen molar-refractivity contribution in [2.45, 2.75) is 31.2 Å². The minimum absolute atomic E-state index is 0.0877. The van der Waals surface area contributed by atoms with Crippen molar-refractivity contribution in [1.82, 2.24) is 20.4 Å². The molecule has 1 saturated carbocycles. The predicted octanol–water partition coefficient (Wildman–Crippen LogP) is 0.754. The lowest BCUT2D eigenvalue weighted by Crippen LogP contribution is -2.52. The lowest BCUT2D eigenvalue weighted by Gasteiger charge is -2.37. The van der Waals surface area contributed by atoms with Crippen LogP contribution >= 0.6 is 0 Å². The fourth-order valence-corrected chi connectivity index (χ4v) is 3.70. The summed E-state index contributed by atoms with van der Waals surface area (Å²) in [6, 6.07) is 2.21. The minimum Gasteiger partial charge on any atom is -0.381 e. The van der Waals surface area contributed by atoms with Crippen LogP contribution in [0, 0.1) is 5.92 Å². The summed E-state index contributed by atoms with van der Waals surface area (Å²) in [7, 11) is 0. The van der Waals surface area contributed by atoms with Gasteiger partial charge in [-0.25, -0.2) is 0 Å². The van der Waals surface area contributed by atoms with Crippen LogP contribution < -0.4 is 5.32 Å². The molecule has 4 rings (SSSR count). The lowest BCUT2D eigenvalue weighted by atomic mass is 9.97. The second kappa shape index (κ2) is 7.21. The molecular formula is C17H26N4O3. The van der Waals surface area contributed by atoms with Crippen LogP contribution in [0.25, 0.3) is 0 Å². The van der Waals surface area contributed by atoms with Gasteiger partial charge in [0, 0.05) is 49.8 Å². The standard InChI is InChI=1S/C17H26N4O3/c22-17(15-9-14(19-20-15)12-1-2-12)18-10-16(13-3-6-24-11-13)21-4-7-23-8-5-21/h9,12-13,16H,1-8,10-11H2,(H,18,22)(H,19,20). The number of carbonyl (C=O) groups is 1. The molecule has 0 radical (unpaired) electrons. The zero-order chi connectivity index (χ0) is 16.4. The van der Waals surface area contributed by atoms with Gasteiger partial charge < -0.3 is 14.8 Å². The highest BCUT2D eigenvalue weighted by molar-refractivity contribution is 5.92. The number of carbonyl (C=O) groups excluding carboxylic acids is 1. The predicted molar refractivity (Wildman–Crippen MR) is 88.0 cm³/mol. The van der Waals surface area contributed by atoms with Crippen molar-refractivity contribution in [1.29, 1.82) is 0 Å². The van der Waals surface area contributed by atoms with Crippen molar-refractivity contribution in [3.8, 4) is 0 Å². The number of morpholine rings is 1. The number of nitrogens with one attached hydrogen (secondary N) is 2. The Morgan fingerprint density at radius 3 is 2.83 bits per heavy atom. The van der Waals surface area contributed by atoms with Crippen LogP contribution in [0.5, 0.6) is 0 Å². The van der Waals surface area contributed by atoms with Gasteiger partial charge in [-0.2, -0.15) is 5.10 Å². The lowest BCUT2D eigenvalue weighted by molar-refractivity contribution is 0.00165.